The first-order chi connectivity index (χ1) is 22.5. The van der Waals surface area contributed by atoms with Gasteiger partial charge in [0.25, 0.3) is 0 Å². The topological polar surface area (TPSA) is 54.4 Å². The van der Waals surface area contributed by atoms with Gasteiger partial charge in [0, 0.05) is 27.4 Å². The van der Waals surface area contributed by atoms with Crippen LogP contribution in [-0.4, -0.2) is 29.8 Å². The van der Waals surface area contributed by atoms with Gasteiger partial charge in [0.1, 0.15) is 5.60 Å². The van der Waals surface area contributed by atoms with Crippen molar-refractivity contribution < 1.29 is 9.84 Å². The first-order valence-electron chi connectivity index (χ1n) is 17.2. The maximum absolute atomic E-state index is 13.3. The quantitative estimate of drug-likeness (QED) is 0.137. The number of unbranched alkanes of at least 4 members (excludes halogenated alkanes) is 1. The summed E-state index contributed by atoms with van der Waals surface area (Å²) in [7, 11) is 1.68. The van der Waals surface area contributed by atoms with Gasteiger partial charge in [0.05, 0.1) is 12.6 Å². The van der Waals surface area contributed by atoms with Crippen molar-refractivity contribution in [2.75, 3.05) is 13.7 Å². The van der Waals surface area contributed by atoms with Crippen LogP contribution in [0.1, 0.15) is 80.4 Å². The number of benzene rings is 4. The Bertz CT molecular complexity index is 1790. The Labute approximate surface area is 281 Å². The maximum Gasteiger partial charge on any atom is 0.217 e. The van der Waals surface area contributed by atoms with E-state index in [2.05, 4.69) is 100 Å². The number of pyridine rings is 1. The van der Waals surface area contributed by atoms with Crippen molar-refractivity contribution in [3.8, 4) is 5.88 Å². The first kappa shape index (κ1) is 31.4. The van der Waals surface area contributed by atoms with E-state index in [1.807, 2.05) is 18.2 Å². The van der Waals surface area contributed by atoms with E-state index in [9.17, 15) is 5.11 Å². The van der Waals surface area contributed by atoms with Crippen molar-refractivity contribution in [1.29, 1.82) is 0 Å². The van der Waals surface area contributed by atoms with Gasteiger partial charge in [-0.1, -0.05) is 108 Å². The highest BCUT2D eigenvalue weighted by atomic mass is 79.9. The molecule has 0 bridgehead atoms. The molecule has 5 unspecified atom stereocenters. The minimum absolute atomic E-state index is 0.397. The lowest BCUT2D eigenvalue weighted by molar-refractivity contribution is 0.00719. The van der Waals surface area contributed by atoms with Crippen LogP contribution in [-0.2, 0) is 5.60 Å². The number of nitrogens with zero attached hydrogens (tertiary/aromatic N) is 1. The van der Waals surface area contributed by atoms with E-state index in [-0.39, 0.29) is 0 Å². The van der Waals surface area contributed by atoms with Crippen molar-refractivity contribution >= 4 is 37.6 Å². The summed E-state index contributed by atoms with van der Waals surface area (Å²) in [6.45, 7) is 0.993. The van der Waals surface area contributed by atoms with Gasteiger partial charge in [-0.25, -0.2) is 4.98 Å². The summed E-state index contributed by atoms with van der Waals surface area (Å²) in [5.74, 6) is 1.94. The Kier molecular flexibility index (Phi) is 9.44. The van der Waals surface area contributed by atoms with E-state index in [1.54, 1.807) is 7.11 Å². The van der Waals surface area contributed by atoms with Crippen LogP contribution in [0.4, 0.5) is 0 Å². The van der Waals surface area contributed by atoms with Gasteiger partial charge in [-0.15, -0.1) is 0 Å². The third kappa shape index (κ3) is 6.34. The summed E-state index contributed by atoms with van der Waals surface area (Å²) in [5, 5.41) is 20.6. The molecule has 1 heterocycles. The normalized spacial score (nSPS) is 21.6. The predicted molar refractivity (Wildman–Crippen MR) is 192 cm³/mol. The van der Waals surface area contributed by atoms with Crippen LogP contribution in [0, 0.1) is 11.8 Å². The fraction of sp³-hybridized carbons (Fsp3) is 0.390. The summed E-state index contributed by atoms with van der Waals surface area (Å²) < 4.78 is 6.98. The molecule has 46 heavy (non-hydrogen) atoms. The molecule has 2 N–H and O–H groups in total. The minimum Gasteiger partial charge on any atom is -0.481 e. The molecule has 2 fully saturated rings. The number of rotatable bonds is 11. The zero-order valence-corrected chi connectivity index (χ0v) is 28.4. The number of aromatic nitrogens is 1. The number of halogens is 1. The van der Waals surface area contributed by atoms with Gasteiger partial charge in [0.2, 0.25) is 5.88 Å². The smallest absolute Gasteiger partial charge is 0.217 e. The van der Waals surface area contributed by atoms with Gasteiger partial charge in [-0.05, 0) is 103 Å². The molecule has 5 atom stereocenters. The van der Waals surface area contributed by atoms with Crippen molar-refractivity contribution in [3.05, 3.63) is 118 Å². The number of aliphatic hydroxyl groups is 1. The van der Waals surface area contributed by atoms with Gasteiger partial charge in [-0.3, -0.25) is 0 Å². The summed E-state index contributed by atoms with van der Waals surface area (Å²) in [5.41, 5.74) is 2.51. The molecule has 2 saturated carbocycles. The average Bonchev–Trinajstić information content (AvgIpc) is 3.58. The lowest BCUT2D eigenvalue weighted by Crippen LogP contribution is -2.41. The second-order valence-corrected chi connectivity index (χ2v) is 14.5. The molecule has 0 radical (unpaired) electrons. The zero-order chi connectivity index (χ0) is 31.5. The lowest BCUT2D eigenvalue weighted by atomic mass is 9.71. The molecule has 7 rings (SSSR count). The van der Waals surface area contributed by atoms with Crippen molar-refractivity contribution in [2.24, 2.45) is 11.8 Å². The van der Waals surface area contributed by atoms with Gasteiger partial charge in [-0.2, -0.15) is 0 Å². The first-order valence-corrected chi connectivity index (χ1v) is 18.0. The number of fused-ring (bicyclic) bond motifs is 3. The lowest BCUT2D eigenvalue weighted by Gasteiger charge is -2.38. The Morgan fingerprint density at radius 1 is 0.848 bits per heavy atom. The van der Waals surface area contributed by atoms with E-state index in [0.29, 0.717) is 18.3 Å². The largest absolute Gasteiger partial charge is 0.481 e. The highest BCUT2D eigenvalue weighted by Crippen LogP contribution is 2.49. The molecular formula is C41H45BrN2O2. The van der Waals surface area contributed by atoms with E-state index in [1.165, 1.54) is 43.9 Å². The van der Waals surface area contributed by atoms with E-state index >= 15 is 0 Å². The third-order valence-electron chi connectivity index (χ3n) is 10.8. The molecule has 4 aromatic carbocycles. The van der Waals surface area contributed by atoms with E-state index in [0.717, 1.165) is 68.7 Å². The van der Waals surface area contributed by atoms with Crippen molar-refractivity contribution in [3.63, 3.8) is 0 Å². The molecule has 2 aliphatic rings. The highest BCUT2D eigenvalue weighted by Gasteiger charge is 2.42. The SMILES string of the molecule is COc1nc2ccc(Br)cc2cc1C(c1ccccc1)C(O)(CCCCNC1CCCC2CCCC21)c1ccc2ccccc2c1. The van der Waals surface area contributed by atoms with Crippen LogP contribution in [0.5, 0.6) is 5.88 Å². The average molecular weight is 678 g/mol. The fourth-order valence-corrected chi connectivity index (χ4v) is 9.00. The van der Waals surface area contributed by atoms with Crippen molar-refractivity contribution in [2.45, 2.75) is 75.3 Å². The molecule has 0 amide bonds. The highest BCUT2D eigenvalue weighted by molar-refractivity contribution is 9.10. The minimum atomic E-state index is -1.21. The van der Waals surface area contributed by atoms with Crippen LogP contribution in [0.25, 0.3) is 21.7 Å². The summed E-state index contributed by atoms with van der Waals surface area (Å²) in [4.78, 5) is 4.96. The monoisotopic (exact) mass is 676 g/mol. The molecule has 238 valence electrons. The molecule has 2 aliphatic carbocycles. The van der Waals surface area contributed by atoms with E-state index < -0.39 is 11.5 Å². The zero-order valence-electron chi connectivity index (χ0n) is 26.8. The molecule has 0 aliphatic heterocycles. The standard InChI is InChI=1S/C41H45BrN2O2/c1-46-40-36(27-32-26-34(42)21-22-37(32)44-40)39(30-12-3-2-4-13-30)41(45,33-20-19-28-11-5-6-14-31(28)25-33)23-7-8-24-43-38-18-10-16-29-15-9-17-35(29)38/h2-6,11-14,19-22,25-27,29,35,38-39,43,45H,7-10,15-18,23-24H2,1H3. The van der Waals surface area contributed by atoms with Crippen molar-refractivity contribution in [1.82, 2.24) is 10.3 Å². The van der Waals surface area contributed by atoms with Gasteiger partial charge in [0.15, 0.2) is 0 Å². The molecule has 1 aromatic heterocycles. The Morgan fingerprint density at radius 2 is 1.63 bits per heavy atom. The Morgan fingerprint density at radius 3 is 2.46 bits per heavy atom. The number of nitrogens with one attached hydrogen (secondary N) is 1. The predicted octanol–water partition coefficient (Wildman–Crippen LogP) is 9.91. The van der Waals surface area contributed by atoms with Crippen LogP contribution >= 0.6 is 15.9 Å². The van der Waals surface area contributed by atoms with Crippen LogP contribution in [0.3, 0.4) is 0 Å². The number of methoxy groups -OCH3 is 1. The molecular weight excluding hydrogens is 632 g/mol. The fourth-order valence-electron chi connectivity index (χ4n) is 8.62. The van der Waals surface area contributed by atoms with Gasteiger partial charge < -0.3 is 15.2 Å². The summed E-state index contributed by atoms with van der Waals surface area (Å²) >= 11 is 3.65. The van der Waals surface area contributed by atoms with Crippen LogP contribution in [0.15, 0.2) is 102 Å². The van der Waals surface area contributed by atoms with Crippen LogP contribution in [0.2, 0.25) is 0 Å². The Balaban J connectivity index is 1.26. The second kappa shape index (κ2) is 13.9. The molecule has 5 heteroatoms. The number of hydrogen-bond donors (Lipinski definition) is 2. The van der Waals surface area contributed by atoms with Crippen LogP contribution < -0.4 is 10.1 Å². The molecule has 0 spiro atoms. The van der Waals surface area contributed by atoms with Gasteiger partial charge >= 0.3 is 0 Å². The number of ether oxygens (including phenoxy) is 1. The Hall–Kier alpha value is -3.25. The van der Waals surface area contributed by atoms with E-state index in [4.69, 9.17) is 9.72 Å². The second-order valence-electron chi connectivity index (χ2n) is 13.6. The summed E-state index contributed by atoms with van der Waals surface area (Å²) in [6, 6.07) is 34.2. The molecule has 4 nitrogen and oxygen atoms in total. The maximum atomic E-state index is 13.3. The third-order valence-corrected chi connectivity index (χ3v) is 11.3. The molecule has 0 saturated heterocycles. The number of hydrogen-bond acceptors (Lipinski definition) is 4. The summed E-state index contributed by atoms with van der Waals surface area (Å²) in [6.07, 6.45) is 10.8. The molecule has 5 aromatic rings.